The van der Waals surface area contributed by atoms with E-state index in [4.69, 9.17) is 25.8 Å². The molecule has 1 rings (SSSR count). The van der Waals surface area contributed by atoms with E-state index in [1.165, 1.54) is 14.2 Å². The lowest BCUT2D eigenvalue weighted by atomic mass is 10.1. The Hall–Kier alpha value is -1.42. The van der Waals surface area contributed by atoms with Gasteiger partial charge in [0.2, 0.25) is 0 Å². The van der Waals surface area contributed by atoms with Gasteiger partial charge in [0.05, 0.1) is 32.3 Å². The van der Waals surface area contributed by atoms with E-state index in [0.29, 0.717) is 28.7 Å². The molecule has 4 nitrogen and oxygen atoms in total. The maximum atomic E-state index is 11.4. The Morgan fingerprint density at radius 3 is 2.53 bits per heavy atom. The molecule has 0 aromatic heterocycles. The van der Waals surface area contributed by atoms with E-state index in [0.717, 1.165) is 0 Å². The van der Waals surface area contributed by atoms with Crippen LogP contribution in [-0.2, 0) is 16.0 Å². The quantitative estimate of drug-likeness (QED) is 0.761. The molecule has 0 unspecified atom stereocenters. The van der Waals surface area contributed by atoms with Crippen LogP contribution in [0.25, 0.3) is 0 Å². The first-order valence-electron chi connectivity index (χ1n) is 5.18. The topological polar surface area (TPSA) is 44.8 Å². The summed E-state index contributed by atoms with van der Waals surface area (Å²) >= 11 is 6.09. The van der Waals surface area contributed by atoms with E-state index in [-0.39, 0.29) is 12.4 Å². The first-order chi connectivity index (χ1) is 8.12. The summed E-state index contributed by atoms with van der Waals surface area (Å²) in [6.07, 6.45) is 0.0975. The molecule has 17 heavy (non-hydrogen) atoms. The molecule has 0 aliphatic rings. The highest BCUT2D eigenvalue weighted by Crippen LogP contribution is 2.33. The third kappa shape index (κ3) is 3.53. The first kappa shape index (κ1) is 13.6. The van der Waals surface area contributed by atoms with Gasteiger partial charge in [0.1, 0.15) is 11.5 Å². The molecule has 1 aromatic rings. The Labute approximate surface area is 105 Å². The summed E-state index contributed by atoms with van der Waals surface area (Å²) in [5.41, 5.74) is 0.626. The van der Waals surface area contributed by atoms with E-state index in [1.54, 1.807) is 19.1 Å². The molecular formula is C12H15ClO4. The third-order valence-electron chi connectivity index (χ3n) is 2.18. The Balaban J connectivity index is 3.00. The van der Waals surface area contributed by atoms with Crippen LogP contribution in [0.3, 0.4) is 0 Å². The number of carbonyl (C=O) groups excluding carboxylic acids is 1. The number of hydrogen-bond donors (Lipinski definition) is 0. The van der Waals surface area contributed by atoms with E-state index in [2.05, 4.69) is 0 Å². The van der Waals surface area contributed by atoms with Gasteiger partial charge in [-0.2, -0.15) is 0 Å². The normalized spacial score (nSPS) is 9.88. The van der Waals surface area contributed by atoms with Gasteiger partial charge in [-0.25, -0.2) is 0 Å². The minimum atomic E-state index is -0.329. The number of carbonyl (C=O) groups is 1. The summed E-state index contributed by atoms with van der Waals surface area (Å²) in [5, 5.41) is 0.404. The summed E-state index contributed by atoms with van der Waals surface area (Å²) in [6, 6.07) is 3.36. The zero-order valence-corrected chi connectivity index (χ0v) is 10.8. The van der Waals surface area contributed by atoms with Crippen LogP contribution in [0.5, 0.6) is 11.5 Å². The van der Waals surface area contributed by atoms with Crippen LogP contribution in [-0.4, -0.2) is 26.8 Å². The van der Waals surface area contributed by atoms with Crippen molar-refractivity contribution in [2.24, 2.45) is 0 Å². The van der Waals surface area contributed by atoms with Gasteiger partial charge in [-0.05, 0) is 18.6 Å². The molecule has 0 aliphatic heterocycles. The van der Waals surface area contributed by atoms with Crippen molar-refractivity contribution in [2.45, 2.75) is 13.3 Å². The van der Waals surface area contributed by atoms with Gasteiger partial charge in [0.15, 0.2) is 0 Å². The summed E-state index contributed by atoms with van der Waals surface area (Å²) in [4.78, 5) is 11.4. The molecule has 0 aliphatic carbocycles. The molecule has 5 heteroatoms. The number of hydrogen-bond acceptors (Lipinski definition) is 4. The fourth-order valence-electron chi connectivity index (χ4n) is 1.39. The second-order valence-electron chi connectivity index (χ2n) is 3.28. The molecule has 1 aromatic carbocycles. The standard InChI is InChI=1S/C12H15ClO4/c1-4-17-11(14)6-8-5-9(15-2)7-10(16-3)12(8)13/h5,7H,4,6H2,1-3H3. The maximum absolute atomic E-state index is 11.4. The molecular weight excluding hydrogens is 244 g/mol. The van der Waals surface area contributed by atoms with Crippen molar-refractivity contribution in [3.05, 3.63) is 22.7 Å². The summed E-state index contributed by atoms with van der Waals surface area (Å²) in [6.45, 7) is 2.10. The molecule has 0 fully saturated rings. The predicted octanol–water partition coefficient (Wildman–Crippen LogP) is 2.46. The summed E-state index contributed by atoms with van der Waals surface area (Å²) < 4.78 is 15.1. The van der Waals surface area contributed by atoms with E-state index < -0.39 is 0 Å². The minimum absolute atomic E-state index is 0.0975. The van der Waals surface area contributed by atoms with Gasteiger partial charge in [0, 0.05) is 6.07 Å². The van der Waals surface area contributed by atoms with Gasteiger partial charge in [-0.1, -0.05) is 11.6 Å². The highest BCUT2D eigenvalue weighted by molar-refractivity contribution is 6.33. The first-order valence-corrected chi connectivity index (χ1v) is 5.56. The van der Waals surface area contributed by atoms with Crippen molar-refractivity contribution in [1.29, 1.82) is 0 Å². The van der Waals surface area contributed by atoms with Crippen LogP contribution in [0.1, 0.15) is 12.5 Å². The molecule has 0 radical (unpaired) electrons. The number of benzene rings is 1. The van der Waals surface area contributed by atoms with Crippen LogP contribution in [0.2, 0.25) is 5.02 Å². The second kappa shape index (κ2) is 6.35. The predicted molar refractivity (Wildman–Crippen MR) is 64.9 cm³/mol. The number of rotatable bonds is 5. The zero-order chi connectivity index (χ0) is 12.8. The van der Waals surface area contributed by atoms with E-state index in [1.807, 2.05) is 0 Å². The van der Waals surface area contributed by atoms with Crippen LogP contribution >= 0.6 is 11.6 Å². The van der Waals surface area contributed by atoms with Crippen LogP contribution in [0, 0.1) is 0 Å². The van der Waals surface area contributed by atoms with Crippen molar-refractivity contribution in [2.75, 3.05) is 20.8 Å². The van der Waals surface area contributed by atoms with Gasteiger partial charge in [0.25, 0.3) is 0 Å². The molecule has 0 saturated carbocycles. The van der Waals surface area contributed by atoms with Crippen molar-refractivity contribution in [3.63, 3.8) is 0 Å². The molecule has 0 spiro atoms. The fraction of sp³-hybridized carbons (Fsp3) is 0.417. The number of methoxy groups -OCH3 is 2. The Bertz CT molecular complexity index is 404. The van der Waals surface area contributed by atoms with Crippen molar-refractivity contribution in [3.8, 4) is 11.5 Å². The lowest BCUT2D eigenvalue weighted by Crippen LogP contribution is -2.08. The highest BCUT2D eigenvalue weighted by Gasteiger charge is 2.14. The van der Waals surface area contributed by atoms with Crippen molar-refractivity contribution < 1.29 is 19.0 Å². The Morgan fingerprint density at radius 2 is 2.00 bits per heavy atom. The number of esters is 1. The molecule has 0 atom stereocenters. The van der Waals surface area contributed by atoms with Crippen LogP contribution in [0.15, 0.2) is 12.1 Å². The van der Waals surface area contributed by atoms with Gasteiger partial charge < -0.3 is 14.2 Å². The largest absolute Gasteiger partial charge is 0.497 e. The molecule has 0 N–H and O–H groups in total. The lowest BCUT2D eigenvalue weighted by Gasteiger charge is -2.11. The van der Waals surface area contributed by atoms with E-state index in [9.17, 15) is 4.79 Å². The fourth-order valence-corrected chi connectivity index (χ4v) is 1.64. The average Bonchev–Trinajstić information content (AvgIpc) is 2.32. The van der Waals surface area contributed by atoms with Crippen LogP contribution < -0.4 is 9.47 Å². The highest BCUT2D eigenvalue weighted by atomic mass is 35.5. The van der Waals surface area contributed by atoms with Gasteiger partial charge in [-0.15, -0.1) is 0 Å². The number of ether oxygens (including phenoxy) is 3. The zero-order valence-electron chi connectivity index (χ0n) is 10.1. The lowest BCUT2D eigenvalue weighted by molar-refractivity contribution is -0.142. The molecule has 0 bridgehead atoms. The second-order valence-corrected chi connectivity index (χ2v) is 3.66. The summed E-state index contributed by atoms with van der Waals surface area (Å²) in [7, 11) is 3.05. The van der Waals surface area contributed by atoms with Crippen LogP contribution in [0.4, 0.5) is 0 Å². The van der Waals surface area contributed by atoms with Gasteiger partial charge in [-0.3, -0.25) is 4.79 Å². The average molecular weight is 259 g/mol. The molecule has 94 valence electrons. The summed E-state index contributed by atoms with van der Waals surface area (Å²) in [5.74, 6) is 0.737. The van der Waals surface area contributed by atoms with E-state index >= 15 is 0 Å². The molecule has 0 heterocycles. The molecule has 0 saturated heterocycles. The monoisotopic (exact) mass is 258 g/mol. The number of halogens is 1. The van der Waals surface area contributed by atoms with Gasteiger partial charge >= 0.3 is 5.97 Å². The Kier molecular flexibility index (Phi) is 5.10. The maximum Gasteiger partial charge on any atom is 0.310 e. The minimum Gasteiger partial charge on any atom is -0.497 e. The smallest absolute Gasteiger partial charge is 0.310 e. The Morgan fingerprint density at radius 1 is 1.29 bits per heavy atom. The third-order valence-corrected chi connectivity index (χ3v) is 2.61. The van der Waals surface area contributed by atoms with Crippen molar-refractivity contribution >= 4 is 17.6 Å². The molecule has 0 amide bonds. The SMILES string of the molecule is CCOC(=O)Cc1cc(OC)cc(OC)c1Cl. The van der Waals surface area contributed by atoms with Crippen molar-refractivity contribution in [1.82, 2.24) is 0 Å².